The second-order valence-electron chi connectivity index (χ2n) is 6.10. The van der Waals surface area contributed by atoms with Gasteiger partial charge in [0, 0.05) is 13.0 Å². The predicted octanol–water partition coefficient (Wildman–Crippen LogP) is 3.28. The molecule has 0 aliphatic rings. The van der Waals surface area contributed by atoms with Gasteiger partial charge < -0.3 is 15.2 Å². The first-order chi connectivity index (χ1) is 12.0. The van der Waals surface area contributed by atoms with E-state index in [0.29, 0.717) is 13.0 Å². The Bertz CT molecular complexity index is 725. The van der Waals surface area contributed by atoms with Gasteiger partial charge in [0.2, 0.25) is 5.91 Å². The smallest absolute Gasteiger partial charge is 0.335 e. The molecule has 0 aromatic heterocycles. The van der Waals surface area contributed by atoms with Crippen LogP contribution in [0.15, 0.2) is 48.5 Å². The third-order valence-electron chi connectivity index (χ3n) is 3.99. The number of ether oxygens (including phenoxy) is 1. The van der Waals surface area contributed by atoms with Gasteiger partial charge in [-0.2, -0.15) is 0 Å². The number of rotatable bonds is 8. The zero-order chi connectivity index (χ0) is 18.2. The van der Waals surface area contributed by atoms with Crippen molar-refractivity contribution in [2.45, 2.75) is 26.3 Å². The molecule has 2 rings (SSSR count). The van der Waals surface area contributed by atoms with E-state index in [4.69, 9.17) is 9.84 Å². The van der Waals surface area contributed by atoms with Gasteiger partial charge in [-0.05, 0) is 41.7 Å². The van der Waals surface area contributed by atoms with Crippen LogP contribution in [0.3, 0.4) is 0 Å². The van der Waals surface area contributed by atoms with Crippen molar-refractivity contribution < 1.29 is 19.4 Å². The molecule has 1 unspecified atom stereocenters. The molecule has 0 saturated heterocycles. The zero-order valence-corrected chi connectivity index (χ0v) is 14.5. The Morgan fingerprint density at radius 1 is 1.12 bits per heavy atom. The van der Waals surface area contributed by atoms with Crippen LogP contribution in [-0.2, 0) is 17.8 Å². The van der Waals surface area contributed by atoms with Crippen molar-refractivity contribution in [3.63, 3.8) is 0 Å². The zero-order valence-electron chi connectivity index (χ0n) is 14.5. The number of amides is 1. The molecular weight excluding hydrogens is 318 g/mol. The highest BCUT2D eigenvalue weighted by Gasteiger charge is 2.12. The average molecular weight is 341 g/mol. The minimum Gasteiger partial charge on any atom is -0.496 e. The molecule has 0 radical (unpaired) electrons. The summed E-state index contributed by atoms with van der Waals surface area (Å²) in [5.41, 5.74) is 2.20. The van der Waals surface area contributed by atoms with Crippen molar-refractivity contribution in [1.82, 2.24) is 5.32 Å². The Hall–Kier alpha value is -2.82. The summed E-state index contributed by atoms with van der Waals surface area (Å²) in [6, 6.07) is 14.3. The molecule has 0 heterocycles. The molecule has 25 heavy (non-hydrogen) atoms. The Balaban J connectivity index is 1.82. The van der Waals surface area contributed by atoms with E-state index in [1.165, 1.54) is 12.1 Å². The summed E-state index contributed by atoms with van der Waals surface area (Å²) in [6.07, 6.45) is 1.19. The van der Waals surface area contributed by atoms with E-state index in [1.807, 2.05) is 31.2 Å². The molecule has 2 aromatic rings. The van der Waals surface area contributed by atoms with E-state index < -0.39 is 5.97 Å². The molecule has 132 valence electrons. The summed E-state index contributed by atoms with van der Waals surface area (Å²) in [5.74, 6) is 0.0458. The quantitative estimate of drug-likeness (QED) is 0.772. The fourth-order valence-corrected chi connectivity index (χ4v) is 2.67. The van der Waals surface area contributed by atoms with E-state index in [0.717, 1.165) is 23.3 Å². The highest BCUT2D eigenvalue weighted by molar-refractivity contribution is 5.87. The Morgan fingerprint density at radius 2 is 1.80 bits per heavy atom. The van der Waals surface area contributed by atoms with Gasteiger partial charge >= 0.3 is 5.97 Å². The molecule has 0 saturated carbocycles. The third kappa shape index (κ3) is 5.64. The van der Waals surface area contributed by atoms with Crippen LogP contribution in [0.5, 0.6) is 5.75 Å². The van der Waals surface area contributed by atoms with Crippen LogP contribution in [0.25, 0.3) is 0 Å². The molecule has 5 heteroatoms. The molecule has 1 amide bonds. The number of para-hydroxylation sites is 1. The number of benzene rings is 2. The molecule has 2 N–H and O–H groups in total. The van der Waals surface area contributed by atoms with Crippen LogP contribution in [0.1, 0.15) is 34.8 Å². The lowest BCUT2D eigenvalue weighted by molar-refractivity contribution is -0.122. The number of carboxylic acid groups (broad SMARTS) is 1. The fourth-order valence-electron chi connectivity index (χ4n) is 2.67. The average Bonchev–Trinajstić information content (AvgIpc) is 2.60. The molecule has 0 fully saturated rings. The SMILES string of the molecule is COc1ccccc1CC(C)CC(=O)NCc1ccc(C(=O)O)cc1. The van der Waals surface area contributed by atoms with Crippen LogP contribution >= 0.6 is 0 Å². The molecule has 0 spiro atoms. The molecule has 1 atom stereocenters. The fraction of sp³-hybridized carbons (Fsp3) is 0.300. The van der Waals surface area contributed by atoms with Crippen molar-refractivity contribution in [2.75, 3.05) is 7.11 Å². The topological polar surface area (TPSA) is 75.6 Å². The van der Waals surface area contributed by atoms with Gasteiger partial charge in [0.1, 0.15) is 5.75 Å². The van der Waals surface area contributed by atoms with Gasteiger partial charge in [0.25, 0.3) is 0 Å². The molecule has 0 bridgehead atoms. The van der Waals surface area contributed by atoms with Gasteiger partial charge in [0.15, 0.2) is 0 Å². The molecular formula is C20H23NO4. The molecule has 0 aliphatic carbocycles. The second kappa shape index (κ2) is 8.87. The molecule has 2 aromatic carbocycles. The first kappa shape index (κ1) is 18.5. The number of carbonyl (C=O) groups is 2. The van der Waals surface area contributed by atoms with E-state index >= 15 is 0 Å². The maximum absolute atomic E-state index is 12.1. The Morgan fingerprint density at radius 3 is 2.44 bits per heavy atom. The van der Waals surface area contributed by atoms with E-state index in [9.17, 15) is 9.59 Å². The van der Waals surface area contributed by atoms with E-state index in [2.05, 4.69) is 5.32 Å². The van der Waals surface area contributed by atoms with Crippen LogP contribution in [0.4, 0.5) is 0 Å². The highest BCUT2D eigenvalue weighted by Crippen LogP contribution is 2.22. The number of methoxy groups -OCH3 is 1. The molecule has 0 aliphatic heterocycles. The third-order valence-corrected chi connectivity index (χ3v) is 3.99. The van der Waals surface area contributed by atoms with Gasteiger partial charge in [-0.15, -0.1) is 0 Å². The normalized spacial score (nSPS) is 11.6. The largest absolute Gasteiger partial charge is 0.496 e. The Labute approximate surface area is 147 Å². The number of carbonyl (C=O) groups excluding carboxylic acids is 1. The van der Waals surface area contributed by atoms with Gasteiger partial charge in [-0.25, -0.2) is 4.79 Å². The number of carboxylic acids is 1. The van der Waals surface area contributed by atoms with Crippen molar-refractivity contribution >= 4 is 11.9 Å². The highest BCUT2D eigenvalue weighted by atomic mass is 16.5. The lowest BCUT2D eigenvalue weighted by atomic mass is 9.97. The molecule has 5 nitrogen and oxygen atoms in total. The Kier molecular flexibility index (Phi) is 6.57. The summed E-state index contributed by atoms with van der Waals surface area (Å²) < 4.78 is 5.34. The monoisotopic (exact) mass is 341 g/mol. The first-order valence-electron chi connectivity index (χ1n) is 8.20. The maximum Gasteiger partial charge on any atom is 0.335 e. The van der Waals surface area contributed by atoms with Crippen molar-refractivity contribution in [3.8, 4) is 5.75 Å². The van der Waals surface area contributed by atoms with Gasteiger partial charge in [-0.3, -0.25) is 4.79 Å². The summed E-state index contributed by atoms with van der Waals surface area (Å²) in [5, 5.41) is 11.7. The van der Waals surface area contributed by atoms with Gasteiger partial charge in [0.05, 0.1) is 12.7 Å². The van der Waals surface area contributed by atoms with Crippen molar-refractivity contribution in [1.29, 1.82) is 0 Å². The van der Waals surface area contributed by atoms with Gasteiger partial charge in [-0.1, -0.05) is 37.3 Å². The standard InChI is InChI=1S/C20H23NO4/c1-14(11-17-5-3-4-6-18(17)25-2)12-19(22)21-13-15-7-9-16(10-8-15)20(23)24/h3-10,14H,11-13H2,1-2H3,(H,21,22)(H,23,24). The minimum absolute atomic E-state index is 0.0234. The van der Waals surface area contributed by atoms with Crippen molar-refractivity contribution in [3.05, 3.63) is 65.2 Å². The minimum atomic E-state index is -0.958. The number of hydrogen-bond donors (Lipinski definition) is 2. The van der Waals surface area contributed by atoms with E-state index in [-0.39, 0.29) is 17.4 Å². The first-order valence-corrected chi connectivity index (χ1v) is 8.20. The van der Waals surface area contributed by atoms with E-state index in [1.54, 1.807) is 19.2 Å². The summed E-state index contributed by atoms with van der Waals surface area (Å²) in [4.78, 5) is 22.9. The summed E-state index contributed by atoms with van der Waals surface area (Å²) in [6.45, 7) is 2.42. The summed E-state index contributed by atoms with van der Waals surface area (Å²) >= 11 is 0. The lowest BCUT2D eigenvalue weighted by Crippen LogP contribution is -2.25. The predicted molar refractivity (Wildman–Crippen MR) is 95.7 cm³/mol. The van der Waals surface area contributed by atoms with Crippen LogP contribution < -0.4 is 10.1 Å². The second-order valence-corrected chi connectivity index (χ2v) is 6.10. The van der Waals surface area contributed by atoms with Crippen molar-refractivity contribution in [2.24, 2.45) is 5.92 Å². The lowest BCUT2D eigenvalue weighted by Gasteiger charge is -2.14. The number of hydrogen-bond acceptors (Lipinski definition) is 3. The van der Waals surface area contributed by atoms with Crippen LogP contribution in [0.2, 0.25) is 0 Å². The van der Waals surface area contributed by atoms with Crippen LogP contribution in [-0.4, -0.2) is 24.1 Å². The maximum atomic E-state index is 12.1. The number of nitrogens with one attached hydrogen (secondary N) is 1. The summed E-state index contributed by atoms with van der Waals surface area (Å²) in [7, 11) is 1.64. The van der Waals surface area contributed by atoms with Crippen LogP contribution in [0, 0.1) is 5.92 Å². The number of aromatic carboxylic acids is 1.